The molecule has 0 bridgehead atoms. The third-order valence-corrected chi connectivity index (χ3v) is 3.21. The van der Waals surface area contributed by atoms with E-state index in [2.05, 4.69) is 57.2 Å². The molecule has 1 heteroatoms. The van der Waals surface area contributed by atoms with Gasteiger partial charge in [-0.25, -0.2) is 0 Å². The van der Waals surface area contributed by atoms with Crippen LogP contribution in [0.4, 0.5) is 0 Å². The van der Waals surface area contributed by atoms with Gasteiger partial charge in [0, 0.05) is 0 Å². The van der Waals surface area contributed by atoms with Crippen LogP contribution < -0.4 is 0 Å². The van der Waals surface area contributed by atoms with Crippen molar-refractivity contribution < 1.29 is 5.11 Å². The molecule has 0 saturated carbocycles. The maximum absolute atomic E-state index is 9.31. The van der Waals surface area contributed by atoms with Crippen molar-refractivity contribution in [3.8, 4) is 11.1 Å². The Balaban J connectivity index is 2.58. The minimum absolute atomic E-state index is 0.0958. The normalized spacial score (nSPS) is 10.9. The van der Waals surface area contributed by atoms with Crippen LogP contribution in [-0.2, 0) is 6.61 Å². The molecule has 94 valence electrons. The van der Waals surface area contributed by atoms with Crippen LogP contribution >= 0.6 is 0 Å². The molecule has 0 aliphatic heterocycles. The Morgan fingerprint density at radius 3 is 2.44 bits per heavy atom. The SMILES string of the molecule is Cc1cc(CO)cc(-c2ccccc2C(C)C)c1. The molecule has 0 radical (unpaired) electrons. The van der Waals surface area contributed by atoms with Crippen molar-refractivity contribution in [2.24, 2.45) is 0 Å². The van der Waals surface area contributed by atoms with Gasteiger partial charge in [-0.2, -0.15) is 0 Å². The highest BCUT2D eigenvalue weighted by molar-refractivity contribution is 5.69. The van der Waals surface area contributed by atoms with Crippen molar-refractivity contribution in [2.75, 3.05) is 0 Å². The van der Waals surface area contributed by atoms with Crippen LogP contribution in [0.3, 0.4) is 0 Å². The van der Waals surface area contributed by atoms with Crippen molar-refractivity contribution in [1.29, 1.82) is 0 Å². The number of aliphatic hydroxyl groups excluding tert-OH is 1. The number of benzene rings is 2. The van der Waals surface area contributed by atoms with E-state index < -0.39 is 0 Å². The molecule has 0 spiro atoms. The average Bonchev–Trinajstić information content (AvgIpc) is 2.38. The lowest BCUT2D eigenvalue weighted by atomic mass is 9.91. The molecular formula is C17H20O. The monoisotopic (exact) mass is 240 g/mol. The summed E-state index contributed by atoms with van der Waals surface area (Å²) in [7, 11) is 0. The van der Waals surface area contributed by atoms with E-state index in [1.165, 1.54) is 22.3 Å². The second-order valence-electron chi connectivity index (χ2n) is 5.11. The van der Waals surface area contributed by atoms with Gasteiger partial charge >= 0.3 is 0 Å². The molecule has 0 aliphatic carbocycles. The molecule has 0 fully saturated rings. The van der Waals surface area contributed by atoms with Gasteiger partial charge in [0.05, 0.1) is 6.61 Å². The first kappa shape index (κ1) is 12.8. The van der Waals surface area contributed by atoms with Crippen LogP contribution in [0.15, 0.2) is 42.5 Å². The predicted molar refractivity (Wildman–Crippen MR) is 76.6 cm³/mol. The third-order valence-electron chi connectivity index (χ3n) is 3.21. The molecule has 0 unspecified atom stereocenters. The van der Waals surface area contributed by atoms with Gasteiger partial charge in [-0.3, -0.25) is 0 Å². The third kappa shape index (κ3) is 2.62. The zero-order chi connectivity index (χ0) is 13.1. The van der Waals surface area contributed by atoms with E-state index in [1.807, 2.05) is 6.07 Å². The Hall–Kier alpha value is -1.60. The fourth-order valence-corrected chi connectivity index (χ4v) is 2.37. The van der Waals surface area contributed by atoms with E-state index in [0.29, 0.717) is 5.92 Å². The Bertz CT molecular complexity index is 541. The number of aliphatic hydroxyl groups is 1. The van der Waals surface area contributed by atoms with Gasteiger partial charge in [0.25, 0.3) is 0 Å². The molecule has 0 aromatic heterocycles. The molecule has 0 saturated heterocycles. The lowest BCUT2D eigenvalue weighted by molar-refractivity contribution is 0.282. The van der Waals surface area contributed by atoms with E-state index in [1.54, 1.807) is 0 Å². The van der Waals surface area contributed by atoms with E-state index in [9.17, 15) is 5.11 Å². The van der Waals surface area contributed by atoms with Gasteiger partial charge in [0.1, 0.15) is 0 Å². The second-order valence-corrected chi connectivity index (χ2v) is 5.11. The minimum atomic E-state index is 0.0958. The number of aryl methyl sites for hydroxylation is 1. The van der Waals surface area contributed by atoms with Crippen LogP contribution in [-0.4, -0.2) is 5.11 Å². The molecule has 2 rings (SSSR count). The summed E-state index contributed by atoms with van der Waals surface area (Å²) in [6.45, 7) is 6.59. The zero-order valence-corrected chi connectivity index (χ0v) is 11.3. The zero-order valence-electron chi connectivity index (χ0n) is 11.3. The highest BCUT2D eigenvalue weighted by Crippen LogP contribution is 2.30. The fraction of sp³-hybridized carbons (Fsp3) is 0.294. The number of hydrogen-bond acceptors (Lipinski definition) is 1. The highest BCUT2D eigenvalue weighted by atomic mass is 16.3. The first-order chi connectivity index (χ1) is 8.61. The number of hydrogen-bond donors (Lipinski definition) is 1. The van der Waals surface area contributed by atoms with Gasteiger partial charge in [-0.15, -0.1) is 0 Å². The summed E-state index contributed by atoms with van der Waals surface area (Å²) in [6.07, 6.45) is 0. The van der Waals surface area contributed by atoms with E-state index in [-0.39, 0.29) is 6.61 Å². The summed E-state index contributed by atoms with van der Waals surface area (Å²) in [5.74, 6) is 0.499. The van der Waals surface area contributed by atoms with Crippen LogP contribution in [0, 0.1) is 6.92 Å². The van der Waals surface area contributed by atoms with E-state index >= 15 is 0 Å². The van der Waals surface area contributed by atoms with Crippen molar-refractivity contribution in [1.82, 2.24) is 0 Å². The topological polar surface area (TPSA) is 20.2 Å². The lowest BCUT2D eigenvalue weighted by Crippen LogP contribution is -1.94. The van der Waals surface area contributed by atoms with Crippen LogP contribution in [0.2, 0.25) is 0 Å². The molecule has 0 amide bonds. The van der Waals surface area contributed by atoms with E-state index in [0.717, 1.165) is 5.56 Å². The first-order valence-corrected chi connectivity index (χ1v) is 6.42. The van der Waals surface area contributed by atoms with Gasteiger partial charge in [0.15, 0.2) is 0 Å². The number of rotatable bonds is 3. The van der Waals surface area contributed by atoms with Gasteiger partial charge < -0.3 is 5.11 Å². The summed E-state index contributed by atoms with van der Waals surface area (Å²) in [6, 6.07) is 14.8. The maximum Gasteiger partial charge on any atom is 0.0682 e. The fourth-order valence-electron chi connectivity index (χ4n) is 2.37. The molecule has 2 aromatic rings. The van der Waals surface area contributed by atoms with Crippen LogP contribution in [0.5, 0.6) is 0 Å². The van der Waals surface area contributed by atoms with Gasteiger partial charge in [-0.1, -0.05) is 55.8 Å². The smallest absolute Gasteiger partial charge is 0.0682 e. The highest BCUT2D eigenvalue weighted by Gasteiger charge is 2.08. The summed E-state index contributed by atoms with van der Waals surface area (Å²) in [4.78, 5) is 0. The quantitative estimate of drug-likeness (QED) is 0.849. The molecular weight excluding hydrogens is 220 g/mol. The Morgan fingerprint density at radius 2 is 1.78 bits per heavy atom. The Labute approximate surface area is 109 Å². The van der Waals surface area contributed by atoms with E-state index in [4.69, 9.17) is 0 Å². The molecule has 0 aliphatic rings. The minimum Gasteiger partial charge on any atom is -0.392 e. The van der Waals surface area contributed by atoms with Crippen molar-refractivity contribution in [2.45, 2.75) is 33.3 Å². The molecule has 0 heterocycles. The van der Waals surface area contributed by atoms with Crippen molar-refractivity contribution in [3.05, 3.63) is 59.2 Å². The maximum atomic E-state index is 9.31. The summed E-state index contributed by atoms with van der Waals surface area (Å²) < 4.78 is 0. The van der Waals surface area contributed by atoms with Crippen LogP contribution in [0.1, 0.15) is 36.5 Å². The van der Waals surface area contributed by atoms with Crippen LogP contribution in [0.25, 0.3) is 11.1 Å². The molecule has 2 aromatic carbocycles. The molecule has 1 N–H and O–H groups in total. The van der Waals surface area contributed by atoms with Gasteiger partial charge in [0.2, 0.25) is 0 Å². The Kier molecular flexibility index (Phi) is 3.83. The Morgan fingerprint density at radius 1 is 1.06 bits per heavy atom. The standard InChI is InChI=1S/C17H20O/c1-12(2)16-6-4-5-7-17(16)15-9-13(3)8-14(10-15)11-18/h4-10,12,18H,11H2,1-3H3. The largest absolute Gasteiger partial charge is 0.392 e. The average molecular weight is 240 g/mol. The summed E-state index contributed by atoms with van der Waals surface area (Å²) >= 11 is 0. The van der Waals surface area contributed by atoms with Gasteiger partial charge in [-0.05, 0) is 41.2 Å². The first-order valence-electron chi connectivity index (χ1n) is 6.42. The summed E-state index contributed by atoms with van der Waals surface area (Å²) in [5.41, 5.74) is 5.99. The lowest BCUT2D eigenvalue weighted by Gasteiger charge is -2.14. The predicted octanol–water partition coefficient (Wildman–Crippen LogP) is 4.28. The molecule has 1 nitrogen and oxygen atoms in total. The van der Waals surface area contributed by atoms with Crippen molar-refractivity contribution >= 4 is 0 Å². The molecule has 18 heavy (non-hydrogen) atoms. The molecule has 0 atom stereocenters. The second kappa shape index (κ2) is 5.36. The van der Waals surface area contributed by atoms with Crippen molar-refractivity contribution in [3.63, 3.8) is 0 Å². The summed E-state index contributed by atoms with van der Waals surface area (Å²) in [5, 5.41) is 9.31.